The highest BCUT2D eigenvalue weighted by atomic mass is 16.6. The smallest absolute Gasteiger partial charge is 0.407 e. The van der Waals surface area contributed by atoms with E-state index in [9.17, 15) is 4.79 Å². The minimum absolute atomic E-state index is 0.183. The Morgan fingerprint density at radius 3 is 2.75 bits per heavy atom. The molecule has 0 unspecified atom stereocenters. The summed E-state index contributed by atoms with van der Waals surface area (Å²) in [4.78, 5) is 16.3. The zero-order chi connectivity index (χ0) is 17.8. The molecule has 1 aliphatic carbocycles. The first-order chi connectivity index (χ1) is 11.2. The Morgan fingerprint density at radius 1 is 1.42 bits per heavy atom. The van der Waals surface area contributed by atoms with Crippen molar-refractivity contribution in [3.05, 3.63) is 11.7 Å². The van der Waals surface area contributed by atoms with Gasteiger partial charge in [-0.05, 0) is 46.5 Å². The molecular formula is C17H30N4O3. The average molecular weight is 338 g/mol. The molecule has 2 N–H and O–H groups in total. The molecule has 0 saturated heterocycles. The Morgan fingerprint density at radius 2 is 2.17 bits per heavy atom. The van der Waals surface area contributed by atoms with Crippen LogP contribution in [0.1, 0.15) is 65.1 Å². The average Bonchev–Trinajstić information content (AvgIpc) is 2.89. The Kier molecular flexibility index (Phi) is 5.85. The van der Waals surface area contributed by atoms with Gasteiger partial charge in [-0.15, -0.1) is 0 Å². The molecule has 1 heterocycles. The van der Waals surface area contributed by atoms with Gasteiger partial charge < -0.3 is 19.9 Å². The number of hydrogen-bond acceptors (Lipinski definition) is 6. The summed E-state index contributed by atoms with van der Waals surface area (Å²) in [5, 5.41) is 10.3. The van der Waals surface area contributed by atoms with Crippen LogP contribution in [0.25, 0.3) is 0 Å². The van der Waals surface area contributed by atoms with Gasteiger partial charge in [-0.2, -0.15) is 4.98 Å². The van der Waals surface area contributed by atoms with E-state index >= 15 is 0 Å². The third-order valence-electron chi connectivity index (χ3n) is 4.56. The van der Waals surface area contributed by atoms with Gasteiger partial charge in [0.25, 0.3) is 0 Å². The second-order valence-electron chi connectivity index (χ2n) is 7.75. The maximum atomic E-state index is 12.0. The van der Waals surface area contributed by atoms with Crippen molar-refractivity contribution < 1.29 is 14.1 Å². The maximum absolute atomic E-state index is 12.0. The highest BCUT2D eigenvalue weighted by Gasteiger charge is 2.38. The van der Waals surface area contributed by atoms with Crippen molar-refractivity contribution >= 4 is 6.09 Å². The van der Waals surface area contributed by atoms with E-state index in [2.05, 4.69) is 27.7 Å². The predicted octanol–water partition coefficient (Wildman–Crippen LogP) is 2.94. The normalized spacial score (nSPS) is 24.6. The minimum atomic E-state index is -0.496. The standard InChI is InChI=1S/C17H30N4O3/c1-12-8-6-7-9-17(12,11-18-15(22)23-16(3,4)5)19-10-14-20-13(2)21-24-14/h12,19H,6-11H2,1-5H3,(H,18,22)/t12-,17-/m0/s1. The Hall–Kier alpha value is -1.63. The number of aromatic nitrogens is 2. The van der Waals surface area contributed by atoms with E-state index in [0.29, 0.717) is 30.7 Å². The van der Waals surface area contributed by atoms with Crippen LogP contribution in [0.4, 0.5) is 4.79 Å². The summed E-state index contributed by atoms with van der Waals surface area (Å²) in [6, 6.07) is 0. The molecule has 136 valence electrons. The Balaban J connectivity index is 1.99. The number of hydrogen-bond donors (Lipinski definition) is 2. The highest BCUT2D eigenvalue weighted by Crippen LogP contribution is 2.33. The molecule has 7 heteroatoms. The van der Waals surface area contributed by atoms with E-state index in [1.807, 2.05) is 20.8 Å². The first kappa shape index (κ1) is 18.7. The number of alkyl carbamates (subject to hydrolysis) is 1. The lowest BCUT2D eigenvalue weighted by Gasteiger charge is -2.43. The van der Waals surface area contributed by atoms with Crippen molar-refractivity contribution in [3.63, 3.8) is 0 Å². The second kappa shape index (κ2) is 7.51. The summed E-state index contributed by atoms with van der Waals surface area (Å²) in [7, 11) is 0. The van der Waals surface area contributed by atoms with Crippen LogP contribution in [0.2, 0.25) is 0 Å². The molecule has 1 amide bonds. The van der Waals surface area contributed by atoms with Gasteiger partial charge in [0.15, 0.2) is 5.82 Å². The number of amides is 1. The Labute approximate surface area is 143 Å². The molecule has 0 aromatic carbocycles. The molecular weight excluding hydrogens is 308 g/mol. The van der Waals surface area contributed by atoms with Crippen LogP contribution in [0.5, 0.6) is 0 Å². The maximum Gasteiger partial charge on any atom is 0.407 e. The van der Waals surface area contributed by atoms with E-state index in [1.54, 1.807) is 6.92 Å². The topological polar surface area (TPSA) is 89.3 Å². The number of nitrogens with zero attached hydrogens (tertiary/aromatic N) is 2. The number of rotatable bonds is 5. The molecule has 0 bridgehead atoms. The van der Waals surface area contributed by atoms with Crippen molar-refractivity contribution in [1.82, 2.24) is 20.8 Å². The van der Waals surface area contributed by atoms with E-state index in [4.69, 9.17) is 9.26 Å². The zero-order valence-corrected chi connectivity index (χ0v) is 15.4. The van der Waals surface area contributed by atoms with E-state index in [1.165, 1.54) is 6.42 Å². The largest absolute Gasteiger partial charge is 0.444 e. The molecule has 24 heavy (non-hydrogen) atoms. The van der Waals surface area contributed by atoms with Crippen molar-refractivity contribution in [2.45, 2.75) is 78.0 Å². The molecule has 1 saturated carbocycles. The van der Waals surface area contributed by atoms with Crippen LogP contribution in [0.3, 0.4) is 0 Å². The molecule has 2 atom stereocenters. The summed E-state index contributed by atoms with van der Waals surface area (Å²) in [5.41, 5.74) is -0.679. The second-order valence-corrected chi connectivity index (χ2v) is 7.75. The van der Waals surface area contributed by atoms with Gasteiger partial charge in [-0.25, -0.2) is 4.79 Å². The van der Waals surface area contributed by atoms with E-state index in [-0.39, 0.29) is 11.6 Å². The first-order valence-corrected chi connectivity index (χ1v) is 8.71. The van der Waals surface area contributed by atoms with Gasteiger partial charge in [0.05, 0.1) is 6.54 Å². The summed E-state index contributed by atoms with van der Waals surface area (Å²) in [5.74, 6) is 1.64. The molecule has 0 spiro atoms. The van der Waals surface area contributed by atoms with Crippen LogP contribution in [0.15, 0.2) is 4.52 Å². The van der Waals surface area contributed by atoms with Gasteiger partial charge in [0.2, 0.25) is 5.89 Å². The fourth-order valence-corrected chi connectivity index (χ4v) is 3.21. The van der Waals surface area contributed by atoms with Gasteiger partial charge in [-0.1, -0.05) is 24.9 Å². The summed E-state index contributed by atoms with van der Waals surface area (Å²) < 4.78 is 10.5. The lowest BCUT2D eigenvalue weighted by atomic mass is 9.73. The van der Waals surface area contributed by atoms with Gasteiger partial charge >= 0.3 is 6.09 Å². The molecule has 0 aliphatic heterocycles. The van der Waals surface area contributed by atoms with Crippen LogP contribution < -0.4 is 10.6 Å². The molecule has 2 rings (SSSR count). The van der Waals surface area contributed by atoms with Crippen molar-refractivity contribution in [1.29, 1.82) is 0 Å². The Bertz CT molecular complexity index is 552. The summed E-state index contributed by atoms with van der Waals surface area (Å²) >= 11 is 0. The molecule has 0 radical (unpaired) electrons. The van der Waals surface area contributed by atoms with E-state index < -0.39 is 5.60 Å². The number of aryl methyl sites for hydroxylation is 1. The molecule has 1 aliphatic rings. The van der Waals surface area contributed by atoms with Crippen LogP contribution >= 0.6 is 0 Å². The lowest BCUT2D eigenvalue weighted by Crippen LogP contribution is -2.59. The molecule has 1 aromatic rings. The fraction of sp³-hybridized carbons (Fsp3) is 0.824. The molecule has 1 fully saturated rings. The quantitative estimate of drug-likeness (QED) is 0.858. The third-order valence-corrected chi connectivity index (χ3v) is 4.56. The van der Waals surface area contributed by atoms with Crippen molar-refractivity contribution in [3.8, 4) is 0 Å². The van der Waals surface area contributed by atoms with E-state index in [0.717, 1.165) is 19.3 Å². The number of nitrogens with one attached hydrogen (secondary N) is 2. The molecule has 7 nitrogen and oxygen atoms in total. The first-order valence-electron chi connectivity index (χ1n) is 8.71. The summed E-state index contributed by atoms with van der Waals surface area (Å²) in [6.07, 6.45) is 4.10. The zero-order valence-electron chi connectivity index (χ0n) is 15.4. The number of carbonyl (C=O) groups excluding carboxylic acids is 1. The minimum Gasteiger partial charge on any atom is -0.444 e. The van der Waals surface area contributed by atoms with Crippen LogP contribution in [-0.4, -0.2) is 33.9 Å². The van der Waals surface area contributed by atoms with Gasteiger partial charge in [-0.3, -0.25) is 0 Å². The SMILES string of the molecule is Cc1noc(CN[C@]2(CNC(=O)OC(C)(C)C)CCCC[C@@H]2C)n1. The van der Waals surface area contributed by atoms with Gasteiger partial charge in [0.1, 0.15) is 5.60 Å². The van der Waals surface area contributed by atoms with Crippen LogP contribution in [0, 0.1) is 12.8 Å². The number of carbonyl (C=O) groups is 1. The predicted molar refractivity (Wildman–Crippen MR) is 90.5 cm³/mol. The monoisotopic (exact) mass is 338 g/mol. The third kappa shape index (κ3) is 5.19. The van der Waals surface area contributed by atoms with Gasteiger partial charge in [0, 0.05) is 12.1 Å². The van der Waals surface area contributed by atoms with Crippen molar-refractivity contribution in [2.75, 3.05) is 6.54 Å². The van der Waals surface area contributed by atoms with Crippen LogP contribution in [-0.2, 0) is 11.3 Å². The fourth-order valence-electron chi connectivity index (χ4n) is 3.21. The highest BCUT2D eigenvalue weighted by molar-refractivity contribution is 5.67. The molecule has 1 aromatic heterocycles. The number of ether oxygens (including phenoxy) is 1. The van der Waals surface area contributed by atoms with Crippen molar-refractivity contribution in [2.24, 2.45) is 5.92 Å². The lowest BCUT2D eigenvalue weighted by molar-refractivity contribution is 0.0478. The summed E-state index contributed by atoms with van der Waals surface area (Å²) in [6.45, 7) is 10.6.